The van der Waals surface area contributed by atoms with Crippen LogP contribution in [0.3, 0.4) is 0 Å². The van der Waals surface area contributed by atoms with Crippen molar-refractivity contribution in [2.75, 3.05) is 11.9 Å². The summed E-state index contributed by atoms with van der Waals surface area (Å²) in [5.74, 6) is 4.22. The molecule has 0 spiro atoms. The molecule has 0 atom stereocenters. The van der Waals surface area contributed by atoms with Crippen LogP contribution in [-0.4, -0.2) is 22.1 Å². The van der Waals surface area contributed by atoms with Crippen molar-refractivity contribution in [1.82, 2.24) is 9.97 Å². The van der Waals surface area contributed by atoms with Crippen LogP contribution in [0.4, 0.5) is 5.82 Å². The number of ether oxygens (including phenoxy) is 1. The number of anilines is 1. The molecule has 1 heterocycles. The van der Waals surface area contributed by atoms with Gasteiger partial charge in [0.15, 0.2) is 5.60 Å². The molecular weight excluding hydrogens is 226 g/mol. The molecule has 0 unspecified atom stereocenters. The van der Waals surface area contributed by atoms with Crippen LogP contribution in [0, 0.1) is 12.3 Å². The quantitative estimate of drug-likeness (QED) is 0.813. The topological polar surface area (TPSA) is 47.0 Å². The monoisotopic (exact) mass is 247 g/mol. The standard InChI is InChI=1S/C14H21N3O/c1-7-14(5,6)18-13-11(10(3)4)12(15-8-2)16-9-17-13/h1,9-10H,8H2,2-6H3,(H,15,16,17). The maximum absolute atomic E-state index is 5.80. The third kappa shape index (κ3) is 3.36. The Labute approximate surface area is 109 Å². The summed E-state index contributed by atoms with van der Waals surface area (Å²) in [6, 6.07) is 0. The fourth-order valence-electron chi connectivity index (χ4n) is 1.56. The minimum absolute atomic E-state index is 0.254. The lowest BCUT2D eigenvalue weighted by atomic mass is 10.0. The lowest BCUT2D eigenvalue weighted by molar-refractivity contribution is 0.162. The third-order valence-corrected chi connectivity index (χ3v) is 2.47. The largest absolute Gasteiger partial charge is 0.458 e. The van der Waals surface area contributed by atoms with Crippen LogP contribution < -0.4 is 10.1 Å². The number of hydrogen-bond acceptors (Lipinski definition) is 4. The molecule has 0 bridgehead atoms. The number of nitrogens with zero attached hydrogens (tertiary/aromatic N) is 2. The Hall–Kier alpha value is -1.76. The molecule has 1 N–H and O–H groups in total. The third-order valence-electron chi connectivity index (χ3n) is 2.47. The molecule has 0 amide bonds. The summed E-state index contributed by atoms with van der Waals surface area (Å²) in [6.07, 6.45) is 6.93. The first-order chi connectivity index (χ1) is 8.41. The summed E-state index contributed by atoms with van der Waals surface area (Å²) < 4.78 is 5.80. The van der Waals surface area contributed by atoms with Crippen molar-refractivity contribution in [3.8, 4) is 18.2 Å². The van der Waals surface area contributed by atoms with Gasteiger partial charge in [0, 0.05) is 6.54 Å². The van der Waals surface area contributed by atoms with E-state index in [1.165, 1.54) is 6.33 Å². The summed E-state index contributed by atoms with van der Waals surface area (Å²) in [6.45, 7) is 10.7. The van der Waals surface area contributed by atoms with Gasteiger partial charge in [0.2, 0.25) is 5.88 Å². The smallest absolute Gasteiger partial charge is 0.223 e. The summed E-state index contributed by atoms with van der Waals surface area (Å²) in [4.78, 5) is 8.46. The van der Waals surface area contributed by atoms with Crippen molar-refractivity contribution >= 4 is 5.82 Å². The van der Waals surface area contributed by atoms with Gasteiger partial charge in [-0.15, -0.1) is 6.42 Å². The second-order valence-corrected chi connectivity index (χ2v) is 4.88. The SMILES string of the molecule is C#CC(C)(C)Oc1ncnc(NCC)c1C(C)C. The molecule has 0 aliphatic rings. The Kier molecular flexibility index (Phi) is 4.55. The molecule has 0 fully saturated rings. The molecule has 0 aliphatic heterocycles. The zero-order valence-electron chi connectivity index (χ0n) is 11.7. The molecular formula is C14H21N3O. The Morgan fingerprint density at radius 2 is 2.11 bits per heavy atom. The van der Waals surface area contributed by atoms with Gasteiger partial charge >= 0.3 is 0 Å². The molecule has 1 rings (SSSR count). The lowest BCUT2D eigenvalue weighted by Gasteiger charge is -2.23. The van der Waals surface area contributed by atoms with Gasteiger partial charge in [-0.3, -0.25) is 0 Å². The molecule has 1 aromatic rings. The van der Waals surface area contributed by atoms with Gasteiger partial charge in [0.05, 0.1) is 5.56 Å². The summed E-state index contributed by atoms with van der Waals surface area (Å²) in [5, 5.41) is 3.22. The number of hydrogen-bond donors (Lipinski definition) is 1. The summed E-state index contributed by atoms with van der Waals surface area (Å²) in [7, 11) is 0. The summed E-state index contributed by atoms with van der Waals surface area (Å²) >= 11 is 0. The first kappa shape index (κ1) is 14.3. The van der Waals surface area contributed by atoms with Crippen LogP contribution in [0.1, 0.15) is 46.1 Å². The molecule has 98 valence electrons. The average Bonchev–Trinajstić information content (AvgIpc) is 2.28. The second kappa shape index (κ2) is 5.72. The highest BCUT2D eigenvalue weighted by Crippen LogP contribution is 2.31. The summed E-state index contributed by atoms with van der Waals surface area (Å²) in [5.41, 5.74) is 0.282. The van der Waals surface area contributed by atoms with Gasteiger partial charge in [-0.2, -0.15) is 0 Å². The zero-order chi connectivity index (χ0) is 13.8. The van der Waals surface area contributed by atoms with Gasteiger partial charge in [0.25, 0.3) is 0 Å². The van der Waals surface area contributed by atoms with E-state index in [1.807, 2.05) is 20.8 Å². The minimum atomic E-state index is -0.679. The van der Waals surface area contributed by atoms with Crippen LogP contribution in [0.15, 0.2) is 6.33 Å². The minimum Gasteiger partial charge on any atom is -0.458 e. The number of rotatable bonds is 5. The first-order valence-electron chi connectivity index (χ1n) is 6.16. The van der Waals surface area contributed by atoms with Gasteiger partial charge in [0.1, 0.15) is 12.1 Å². The number of terminal acetylenes is 1. The predicted octanol–water partition coefficient (Wildman–Crippen LogP) is 2.82. The normalized spacial score (nSPS) is 11.2. The Morgan fingerprint density at radius 3 is 2.61 bits per heavy atom. The van der Waals surface area contributed by atoms with E-state index in [1.54, 1.807) is 0 Å². The van der Waals surface area contributed by atoms with Crippen LogP contribution >= 0.6 is 0 Å². The molecule has 1 aromatic heterocycles. The fraction of sp³-hybridized carbons (Fsp3) is 0.571. The first-order valence-corrected chi connectivity index (χ1v) is 6.16. The van der Waals surface area contributed by atoms with Crippen molar-refractivity contribution in [3.63, 3.8) is 0 Å². The molecule has 18 heavy (non-hydrogen) atoms. The Morgan fingerprint density at radius 1 is 1.44 bits per heavy atom. The van der Waals surface area contributed by atoms with E-state index in [4.69, 9.17) is 11.2 Å². The van der Waals surface area contributed by atoms with E-state index in [0.29, 0.717) is 5.88 Å². The van der Waals surface area contributed by atoms with Crippen molar-refractivity contribution in [2.45, 2.75) is 46.1 Å². The predicted molar refractivity (Wildman–Crippen MR) is 73.8 cm³/mol. The number of nitrogens with one attached hydrogen (secondary N) is 1. The van der Waals surface area contributed by atoms with Crippen molar-refractivity contribution < 1.29 is 4.74 Å². The van der Waals surface area contributed by atoms with Crippen molar-refractivity contribution in [2.24, 2.45) is 0 Å². The molecule has 4 nitrogen and oxygen atoms in total. The van der Waals surface area contributed by atoms with Gasteiger partial charge < -0.3 is 10.1 Å². The fourth-order valence-corrected chi connectivity index (χ4v) is 1.56. The molecule has 0 radical (unpaired) electrons. The van der Waals surface area contributed by atoms with E-state index in [-0.39, 0.29) is 5.92 Å². The van der Waals surface area contributed by atoms with E-state index in [9.17, 15) is 0 Å². The molecule has 0 saturated carbocycles. The highest BCUT2D eigenvalue weighted by atomic mass is 16.5. The maximum Gasteiger partial charge on any atom is 0.223 e. The van der Waals surface area contributed by atoms with Crippen LogP contribution in [0.5, 0.6) is 5.88 Å². The zero-order valence-corrected chi connectivity index (χ0v) is 11.7. The van der Waals surface area contributed by atoms with Crippen LogP contribution in [0.2, 0.25) is 0 Å². The average molecular weight is 247 g/mol. The van der Waals surface area contributed by atoms with Crippen LogP contribution in [-0.2, 0) is 0 Å². The maximum atomic E-state index is 5.80. The van der Waals surface area contributed by atoms with Crippen LogP contribution in [0.25, 0.3) is 0 Å². The molecule has 0 aliphatic carbocycles. The highest BCUT2D eigenvalue weighted by Gasteiger charge is 2.22. The molecule has 0 aromatic carbocycles. The van der Waals surface area contributed by atoms with Crippen molar-refractivity contribution in [3.05, 3.63) is 11.9 Å². The van der Waals surface area contributed by atoms with E-state index in [2.05, 4.69) is 35.1 Å². The van der Waals surface area contributed by atoms with E-state index < -0.39 is 5.60 Å². The molecule has 4 heteroatoms. The van der Waals surface area contributed by atoms with Gasteiger partial charge in [-0.25, -0.2) is 9.97 Å². The number of aromatic nitrogens is 2. The Balaban J connectivity index is 3.19. The highest BCUT2D eigenvalue weighted by molar-refractivity contribution is 5.50. The van der Waals surface area contributed by atoms with E-state index in [0.717, 1.165) is 17.9 Å². The van der Waals surface area contributed by atoms with Crippen molar-refractivity contribution in [1.29, 1.82) is 0 Å². The molecule has 0 saturated heterocycles. The second-order valence-electron chi connectivity index (χ2n) is 4.88. The Bertz CT molecular complexity index is 447. The van der Waals surface area contributed by atoms with Gasteiger partial charge in [-0.05, 0) is 26.7 Å². The van der Waals surface area contributed by atoms with Gasteiger partial charge in [-0.1, -0.05) is 19.8 Å². The lowest BCUT2D eigenvalue weighted by Crippen LogP contribution is -2.27. The van der Waals surface area contributed by atoms with E-state index >= 15 is 0 Å².